The molecule has 0 aliphatic carbocycles. The normalized spacial score (nSPS) is 19.1. The molecule has 1 atom stereocenters. The molecule has 1 unspecified atom stereocenters. The monoisotopic (exact) mass is 257 g/mol. The van der Waals surface area contributed by atoms with Crippen LogP contribution >= 0.6 is 0 Å². The number of aryl methyl sites for hydroxylation is 2. The molecule has 1 aromatic carbocycles. The lowest BCUT2D eigenvalue weighted by Gasteiger charge is -2.36. The zero-order valence-corrected chi connectivity index (χ0v) is 12.2. The van der Waals surface area contributed by atoms with E-state index in [1.807, 2.05) is 6.92 Å². The Hall–Kier alpha value is -1.37. The van der Waals surface area contributed by atoms with Crippen molar-refractivity contribution in [3.05, 3.63) is 34.9 Å². The average Bonchev–Trinajstić information content (AvgIpc) is 2.43. The zero-order chi connectivity index (χ0) is 13.8. The van der Waals surface area contributed by atoms with Gasteiger partial charge in [-0.05, 0) is 37.5 Å². The Balaban J connectivity index is 1.95. The summed E-state index contributed by atoms with van der Waals surface area (Å²) in [6, 6.07) is 8.88. The average molecular weight is 257 g/mol. The van der Waals surface area contributed by atoms with Gasteiger partial charge in [0.05, 0.1) is 12.1 Å². The van der Waals surface area contributed by atoms with Crippen LogP contribution in [0, 0.1) is 25.2 Å². The maximum absolute atomic E-state index is 8.96. The van der Waals surface area contributed by atoms with Gasteiger partial charge >= 0.3 is 0 Å². The van der Waals surface area contributed by atoms with E-state index in [1.54, 1.807) is 0 Å². The van der Waals surface area contributed by atoms with Gasteiger partial charge in [0.15, 0.2) is 0 Å². The van der Waals surface area contributed by atoms with E-state index in [2.05, 4.69) is 47.9 Å². The van der Waals surface area contributed by atoms with E-state index >= 15 is 0 Å². The Morgan fingerprint density at radius 2 is 1.74 bits per heavy atom. The van der Waals surface area contributed by atoms with Gasteiger partial charge in [-0.1, -0.05) is 18.2 Å². The molecular formula is C16H23N3. The SMILES string of the molecule is Cc1cccc(C)c1CN1CCN(C(C)C#N)CC1. The van der Waals surface area contributed by atoms with Gasteiger partial charge in [0, 0.05) is 32.7 Å². The van der Waals surface area contributed by atoms with Gasteiger partial charge in [0.25, 0.3) is 0 Å². The second-order valence-electron chi connectivity index (χ2n) is 5.49. The quantitative estimate of drug-likeness (QED) is 0.832. The van der Waals surface area contributed by atoms with Crippen LogP contribution in [-0.4, -0.2) is 42.0 Å². The van der Waals surface area contributed by atoms with Gasteiger partial charge in [-0.25, -0.2) is 0 Å². The van der Waals surface area contributed by atoms with Crippen molar-refractivity contribution in [3.63, 3.8) is 0 Å². The van der Waals surface area contributed by atoms with Crippen molar-refractivity contribution in [2.75, 3.05) is 26.2 Å². The fraction of sp³-hybridized carbons (Fsp3) is 0.562. The number of hydrogen-bond donors (Lipinski definition) is 0. The van der Waals surface area contributed by atoms with Crippen LogP contribution in [0.2, 0.25) is 0 Å². The predicted octanol–water partition coefficient (Wildman–Crippen LogP) is 2.33. The molecule has 0 bridgehead atoms. The van der Waals surface area contributed by atoms with Crippen LogP contribution in [0.25, 0.3) is 0 Å². The van der Waals surface area contributed by atoms with Gasteiger partial charge < -0.3 is 0 Å². The molecule has 3 nitrogen and oxygen atoms in total. The van der Waals surface area contributed by atoms with Gasteiger partial charge in [-0.15, -0.1) is 0 Å². The van der Waals surface area contributed by atoms with E-state index in [0.29, 0.717) is 0 Å². The first-order valence-corrected chi connectivity index (χ1v) is 7.03. The minimum Gasteiger partial charge on any atom is -0.297 e. The molecule has 102 valence electrons. The first-order chi connectivity index (χ1) is 9.11. The molecule has 0 N–H and O–H groups in total. The summed E-state index contributed by atoms with van der Waals surface area (Å²) in [5.74, 6) is 0. The second-order valence-corrected chi connectivity index (χ2v) is 5.49. The van der Waals surface area contributed by atoms with Gasteiger partial charge in [-0.2, -0.15) is 5.26 Å². The lowest BCUT2D eigenvalue weighted by Crippen LogP contribution is -2.48. The molecule has 3 heteroatoms. The molecule has 1 aliphatic heterocycles. The van der Waals surface area contributed by atoms with Crippen molar-refractivity contribution >= 4 is 0 Å². The molecule has 2 rings (SSSR count). The number of nitrogens with zero attached hydrogens (tertiary/aromatic N) is 3. The van der Waals surface area contributed by atoms with Crippen molar-refractivity contribution in [2.45, 2.75) is 33.4 Å². The van der Waals surface area contributed by atoms with Crippen LogP contribution in [0.3, 0.4) is 0 Å². The van der Waals surface area contributed by atoms with Crippen LogP contribution < -0.4 is 0 Å². The van der Waals surface area contributed by atoms with E-state index in [1.165, 1.54) is 16.7 Å². The van der Waals surface area contributed by atoms with E-state index in [4.69, 9.17) is 5.26 Å². The summed E-state index contributed by atoms with van der Waals surface area (Å²) < 4.78 is 0. The number of rotatable bonds is 3. The first-order valence-electron chi connectivity index (χ1n) is 7.03. The summed E-state index contributed by atoms with van der Waals surface area (Å²) in [6.45, 7) is 11.5. The predicted molar refractivity (Wildman–Crippen MR) is 77.8 cm³/mol. The number of nitriles is 1. The Kier molecular flexibility index (Phi) is 4.57. The third-order valence-electron chi connectivity index (χ3n) is 4.17. The van der Waals surface area contributed by atoms with Gasteiger partial charge in [-0.3, -0.25) is 9.80 Å². The summed E-state index contributed by atoms with van der Waals surface area (Å²) in [7, 11) is 0. The van der Waals surface area contributed by atoms with Crippen molar-refractivity contribution < 1.29 is 0 Å². The highest BCUT2D eigenvalue weighted by Gasteiger charge is 2.21. The molecule has 1 heterocycles. The highest BCUT2D eigenvalue weighted by Crippen LogP contribution is 2.17. The van der Waals surface area contributed by atoms with Crippen molar-refractivity contribution in [3.8, 4) is 6.07 Å². The molecular weight excluding hydrogens is 234 g/mol. The summed E-state index contributed by atoms with van der Waals surface area (Å²) in [5, 5.41) is 8.96. The lowest BCUT2D eigenvalue weighted by atomic mass is 10.0. The van der Waals surface area contributed by atoms with E-state index in [-0.39, 0.29) is 6.04 Å². The van der Waals surface area contributed by atoms with E-state index in [0.717, 1.165) is 32.7 Å². The topological polar surface area (TPSA) is 30.3 Å². The molecule has 0 saturated carbocycles. The molecule has 1 saturated heterocycles. The third kappa shape index (κ3) is 3.34. The standard InChI is InChI=1S/C16H23N3/c1-13-5-4-6-14(2)16(13)12-18-7-9-19(10-8-18)15(3)11-17/h4-6,15H,7-10,12H2,1-3H3. The van der Waals surface area contributed by atoms with Crippen LogP contribution in [0.5, 0.6) is 0 Å². The molecule has 0 spiro atoms. The van der Waals surface area contributed by atoms with Gasteiger partial charge in [0.2, 0.25) is 0 Å². The van der Waals surface area contributed by atoms with Crippen LogP contribution in [0.1, 0.15) is 23.6 Å². The maximum Gasteiger partial charge on any atom is 0.0950 e. The Morgan fingerprint density at radius 3 is 2.26 bits per heavy atom. The summed E-state index contributed by atoms with van der Waals surface area (Å²) in [5.41, 5.74) is 4.23. The molecule has 1 aromatic rings. The zero-order valence-electron chi connectivity index (χ0n) is 12.2. The molecule has 0 radical (unpaired) electrons. The third-order valence-corrected chi connectivity index (χ3v) is 4.17. The summed E-state index contributed by atoms with van der Waals surface area (Å²) in [6.07, 6.45) is 0. The fourth-order valence-electron chi connectivity index (χ4n) is 2.71. The smallest absolute Gasteiger partial charge is 0.0950 e. The Labute approximate surface area is 116 Å². The van der Waals surface area contributed by atoms with Crippen LogP contribution in [0.15, 0.2) is 18.2 Å². The molecule has 0 aromatic heterocycles. The maximum atomic E-state index is 8.96. The molecule has 19 heavy (non-hydrogen) atoms. The lowest BCUT2D eigenvalue weighted by molar-refractivity contribution is 0.114. The summed E-state index contributed by atoms with van der Waals surface area (Å²) in [4.78, 5) is 4.76. The van der Waals surface area contributed by atoms with Crippen molar-refractivity contribution in [1.29, 1.82) is 5.26 Å². The first kappa shape index (κ1) is 14.0. The largest absolute Gasteiger partial charge is 0.297 e. The highest BCUT2D eigenvalue weighted by molar-refractivity contribution is 5.33. The van der Waals surface area contributed by atoms with Gasteiger partial charge in [0.1, 0.15) is 0 Å². The number of hydrogen-bond acceptors (Lipinski definition) is 3. The fourth-order valence-corrected chi connectivity index (χ4v) is 2.71. The van der Waals surface area contributed by atoms with Crippen molar-refractivity contribution in [1.82, 2.24) is 9.80 Å². The van der Waals surface area contributed by atoms with E-state index < -0.39 is 0 Å². The van der Waals surface area contributed by atoms with E-state index in [9.17, 15) is 0 Å². The Bertz CT molecular complexity index is 447. The minimum atomic E-state index is 0.0438. The highest BCUT2D eigenvalue weighted by atomic mass is 15.3. The Morgan fingerprint density at radius 1 is 1.16 bits per heavy atom. The number of benzene rings is 1. The van der Waals surface area contributed by atoms with Crippen molar-refractivity contribution in [2.24, 2.45) is 0 Å². The molecule has 1 fully saturated rings. The summed E-state index contributed by atoms with van der Waals surface area (Å²) >= 11 is 0. The molecule has 0 amide bonds. The second kappa shape index (κ2) is 6.18. The van der Waals surface area contributed by atoms with Crippen LogP contribution in [0.4, 0.5) is 0 Å². The van der Waals surface area contributed by atoms with Crippen LogP contribution in [-0.2, 0) is 6.54 Å². The number of piperazine rings is 1. The minimum absolute atomic E-state index is 0.0438. The molecule has 1 aliphatic rings.